The lowest BCUT2D eigenvalue weighted by Gasteiger charge is -1.96. The molecule has 3 aromatic rings. The molecule has 0 saturated heterocycles. The van der Waals surface area contributed by atoms with Gasteiger partial charge in [0, 0.05) is 18.2 Å². The molecule has 0 N–H and O–H groups in total. The monoisotopic (exact) mass is 255 g/mol. The van der Waals surface area contributed by atoms with E-state index in [1.54, 1.807) is 28.9 Å². The molecule has 0 radical (unpaired) electrons. The Hall–Kier alpha value is -2.56. The summed E-state index contributed by atoms with van der Waals surface area (Å²) in [5.41, 5.74) is 2.01. The van der Waals surface area contributed by atoms with Gasteiger partial charge in [-0.2, -0.15) is 5.10 Å². The maximum atomic E-state index is 13.1. The van der Waals surface area contributed by atoms with Gasteiger partial charge in [0.1, 0.15) is 5.82 Å². The zero-order valence-corrected chi connectivity index (χ0v) is 9.95. The van der Waals surface area contributed by atoms with Crippen LogP contribution in [0.4, 0.5) is 4.39 Å². The summed E-state index contributed by atoms with van der Waals surface area (Å²) < 4.78 is 14.6. The summed E-state index contributed by atoms with van der Waals surface area (Å²) in [4.78, 5) is 15.0. The molecule has 0 bridgehead atoms. The summed E-state index contributed by atoms with van der Waals surface area (Å²) in [6.45, 7) is 0. The SMILES string of the molecule is O=Cc1ccc2nc(Cc3cccc(F)c3)nn2c1. The van der Waals surface area contributed by atoms with Crippen LogP contribution in [0.2, 0.25) is 0 Å². The summed E-state index contributed by atoms with van der Waals surface area (Å²) in [7, 11) is 0. The average molecular weight is 255 g/mol. The van der Waals surface area contributed by atoms with Crippen molar-refractivity contribution in [1.82, 2.24) is 14.6 Å². The molecular formula is C14H10FN3O. The standard InChI is InChI=1S/C14H10FN3O/c15-12-3-1-2-10(6-12)7-13-16-14-5-4-11(9-19)8-18(14)17-13/h1-6,8-9H,7H2. The molecule has 5 heteroatoms. The summed E-state index contributed by atoms with van der Waals surface area (Å²) in [5, 5.41) is 4.27. The van der Waals surface area contributed by atoms with E-state index in [0.717, 1.165) is 11.8 Å². The number of halogens is 1. The van der Waals surface area contributed by atoms with E-state index in [0.29, 0.717) is 23.5 Å². The minimum absolute atomic E-state index is 0.274. The van der Waals surface area contributed by atoms with Gasteiger partial charge in [-0.3, -0.25) is 4.79 Å². The Balaban J connectivity index is 1.95. The highest BCUT2D eigenvalue weighted by molar-refractivity contribution is 5.74. The number of carbonyl (C=O) groups excluding carboxylic acids is 1. The van der Waals surface area contributed by atoms with E-state index in [1.165, 1.54) is 12.1 Å². The lowest BCUT2D eigenvalue weighted by molar-refractivity contribution is 0.112. The van der Waals surface area contributed by atoms with Crippen LogP contribution in [-0.4, -0.2) is 20.9 Å². The largest absolute Gasteiger partial charge is 0.298 e. The van der Waals surface area contributed by atoms with Crippen LogP contribution in [0.25, 0.3) is 5.65 Å². The van der Waals surface area contributed by atoms with E-state index in [1.807, 2.05) is 6.07 Å². The number of fused-ring (bicyclic) bond motifs is 1. The Morgan fingerprint density at radius 1 is 1.26 bits per heavy atom. The van der Waals surface area contributed by atoms with Crippen molar-refractivity contribution in [3.05, 3.63) is 65.4 Å². The predicted octanol–water partition coefficient (Wildman–Crippen LogP) is 2.27. The van der Waals surface area contributed by atoms with Crippen LogP contribution in [0.5, 0.6) is 0 Å². The number of aldehydes is 1. The van der Waals surface area contributed by atoms with E-state index >= 15 is 0 Å². The number of rotatable bonds is 3. The number of hydrogen-bond donors (Lipinski definition) is 0. The highest BCUT2D eigenvalue weighted by Gasteiger charge is 2.06. The van der Waals surface area contributed by atoms with E-state index in [9.17, 15) is 9.18 Å². The molecule has 0 aliphatic carbocycles. The lowest BCUT2D eigenvalue weighted by Crippen LogP contribution is -1.93. The fraction of sp³-hybridized carbons (Fsp3) is 0.0714. The number of aromatic nitrogens is 3. The fourth-order valence-corrected chi connectivity index (χ4v) is 1.92. The van der Waals surface area contributed by atoms with E-state index in [2.05, 4.69) is 10.1 Å². The molecule has 0 saturated carbocycles. The molecule has 4 nitrogen and oxygen atoms in total. The molecule has 19 heavy (non-hydrogen) atoms. The minimum atomic E-state index is -0.274. The number of pyridine rings is 1. The second-order valence-corrected chi connectivity index (χ2v) is 4.22. The lowest BCUT2D eigenvalue weighted by atomic mass is 10.1. The molecule has 0 amide bonds. The molecule has 0 atom stereocenters. The first-order chi connectivity index (χ1) is 9.24. The minimum Gasteiger partial charge on any atom is -0.298 e. The van der Waals surface area contributed by atoms with Crippen molar-refractivity contribution in [2.45, 2.75) is 6.42 Å². The quantitative estimate of drug-likeness (QED) is 0.674. The third-order valence-electron chi connectivity index (χ3n) is 2.79. The molecule has 0 aliphatic heterocycles. The van der Waals surface area contributed by atoms with Crippen LogP contribution in [0, 0.1) is 5.82 Å². The Morgan fingerprint density at radius 2 is 2.16 bits per heavy atom. The van der Waals surface area contributed by atoms with Crippen LogP contribution in [0.3, 0.4) is 0 Å². The predicted molar refractivity (Wildman–Crippen MR) is 67.6 cm³/mol. The van der Waals surface area contributed by atoms with E-state index in [-0.39, 0.29) is 5.82 Å². The second kappa shape index (κ2) is 4.61. The van der Waals surface area contributed by atoms with Crippen LogP contribution >= 0.6 is 0 Å². The molecule has 2 heterocycles. The molecule has 0 spiro atoms. The van der Waals surface area contributed by atoms with Crippen molar-refractivity contribution in [1.29, 1.82) is 0 Å². The zero-order chi connectivity index (χ0) is 13.2. The molecule has 0 unspecified atom stereocenters. The second-order valence-electron chi connectivity index (χ2n) is 4.22. The van der Waals surface area contributed by atoms with Gasteiger partial charge < -0.3 is 0 Å². The van der Waals surface area contributed by atoms with Crippen LogP contribution in [0.15, 0.2) is 42.6 Å². The molecule has 0 fully saturated rings. The summed E-state index contributed by atoms with van der Waals surface area (Å²) in [6.07, 6.45) is 2.83. The van der Waals surface area contributed by atoms with Gasteiger partial charge in [0.15, 0.2) is 17.8 Å². The first-order valence-corrected chi connectivity index (χ1v) is 5.79. The van der Waals surface area contributed by atoms with Gasteiger partial charge in [0.25, 0.3) is 0 Å². The summed E-state index contributed by atoms with van der Waals surface area (Å²) in [5.74, 6) is 0.318. The number of carbonyl (C=O) groups is 1. The van der Waals surface area contributed by atoms with Crippen molar-refractivity contribution in [2.75, 3.05) is 0 Å². The molecule has 94 valence electrons. The average Bonchev–Trinajstić information content (AvgIpc) is 2.79. The third kappa shape index (κ3) is 2.35. The maximum Gasteiger partial charge on any atom is 0.156 e. The maximum absolute atomic E-state index is 13.1. The summed E-state index contributed by atoms with van der Waals surface area (Å²) >= 11 is 0. The summed E-state index contributed by atoms with van der Waals surface area (Å²) in [6, 6.07) is 9.75. The van der Waals surface area contributed by atoms with E-state index in [4.69, 9.17) is 0 Å². The number of hydrogen-bond acceptors (Lipinski definition) is 3. The molecule has 0 aliphatic rings. The van der Waals surface area contributed by atoms with Crippen LogP contribution in [-0.2, 0) is 6.42 Å². The molecular weight excluding hydrogens is 245 g/mol. The number of nitrogens with zero attached hydrogens (tertiary/aromatic N) is 3. The fourth-order valence-electron chi connectivity index (χ4n) is 1.92. The molecule has 1 aromatic carbocycles. The van der Waals surface area contributed by atoms with Gasteiger partial charge in [0.2, 0.25) is 0 Å². The smallest absolute Gasteiger partial charge is 0.156 e. The third-order valence-corrected chi connectivity index (χ3v) is 2.79. The van der Waals surface area contributed by atoms with Gasteiger partial charge in [0.05, 0.1) is 0 Å². The van der Waals surface area contributed by atoms with Gasteiger partial charge in [-0.25, -0.2) is 13.9 Å². The van der Waals surface area contributed by atoms with Gasteiger partial charge in [-0.1, -0.05) is 12.1 Å². The molecule has 2 aromatic heterocycles. The van der Waals surface area contributed by atoms with Gasteiger partial charge >= 0.3 is 0 Å². The van der Waals surface area contributed by atoms with Crippen LogP contribution < -0.4 is 0 Å². The first kappa shape index (κ1) is 11.5. The van der Waals surface area contributed by atoms with Crippen molar-refractivity contribution in [3.63, 3.8) is 0 Å². The Bertz CT molecular complexity index is 751. The van der Waals surface area contributed by atoms with Crippen molar-refractivity contribution < 1.29 is 9.18 Å². The van der Waals surface area contributed by atoms with E-state index < -0.39 is 0 Å². The van der Waals surface area contributed by atoms with Crippen molar-refractivity contribution >= 4 is 11.9 Å². The van der Waals surface area contributed by atoms with Crippen molar-refractivity contribution in [3.8, 4) is 0 Å². The normalized spacial score (nSPS) is 10.8. The Labute approximate surface area is 108 Å². The molecule has 3 rings (SSSR count). The van der Waals surface area contributed by atoms with Gasteiger partial charge in [-0.05, 0) is 29.8 Å². The van der Waals surface area contributed by atoms with Crippen LogP contribution in [0.1, 0.15) is 21.7 Å². The highest BCUT2D eigenvalue weighted by atomic mass is 19.1. The highest BCUT2D eigenvalue weighted by Crippen LogP contribution is 2.10. The Kier molecular flexibility index (Phi) is 2.79. The zero-order valence-electron chi connectivity index (χ0n) is 9.95. The van der Waals surface area contributed by atoms with Crippen molar-refractivity contribution in [2.24, 2.45) is 0 Å². The first-order valence-electron chi connectivity index (χ1n) is 5.79. The topological polar surface area (TPSA) is 47.3 Å². The Morgan fingerprint density at radius 3 is 2.95 bits per heavy atom. The van der Waals surface area contributed by atoms with Gasteiger partial charge in [-0.15, -0.1) is 0 Å². The number of benzene rings is 1.